The van der Waals surface area contributed by atoms with Crippen molar-refractivity contribution < 1.29 is 53.0 Å². The lowest BCUT2D eigenvalue weighted by atomic mass is 9.55. The molecule has 6 aliphatic rings. The van der Waals surface area contributed by atoms with Crippen molar-refractivity contribution in [3.8, 4) is 34.5 Å². The van der Waals surface area contributed by atoms with Crippen LogP contribution in [0.4, 0.5) is 4.79 Å². The van der Waals surface area contributed by atoms with Gasteiger partial charge in [-0.15, -0.1) is 23.2 Å². The summed E-state index contributed by atoms with van der Waals surface area (Å²) in [5.74, 6) is 4.15. The summed E-state index contributed by atoms with van der Waals surface area (Å²) in [4.78, 5) is 26.7. The molecule has 3 fully saturated rings. The van der Waals surface area contributed by atoms with E-state index in [0.29, 0.717) is 82.7 Å². The first-order valence-corrected chi connectivity index (χ1v) is 21.6. The van der Waals surface area contributed by atoms with Crippen molar-refractivity contribution in [1.82, 2.24) is 4.90 Å². The first kappa shape index (κ1) is 41.6. The molecule has 1 amide bonds. The van der Waals surface area contributed by atoms with Crippen LogP contribution >= 0.6 is 23.2 Å². The summed E-state index contributed by atoms with van der Waals surface area (Å²) >= 11 is 11.6. The van der Waals surface area contributed by atoms with Gasteiger partial charge in [0.2, 0.25) is 12.5 Å². The zero-order chi connectivity index (χ0) is 41.6. The molecule has 0 radical (unpaired) electrons. The van der Waals surface area contributed by atoms with E-state index in [-0.39, 0.29) is 42.7 Å². The summed E-state index contributed by atoms with van der Waals surface area (Å²) in [6.45, 7) is 3.44. The van der Waals surface area contributed by atoms with Crippen LogP contribution in [-0.2, 0) is 16.0 Å². The average Bonchev–Trinajstić information content (AvgIpc) is 3.96. The van der Waals surface area contributed by atoms with Crippen LogP contribution in [0.3, 0.4) is 0 Å². The average molecular weight is 855 g/mol. The molecule has 3 aromatic rings. The molecule has 0 bridgehead atoms. The van der Waals surface area contributed by atoms with Crippen molar-refractivity contribution in [2.75, 3.05) is 59.6 Å². The Morgan fingerprint density at radius 3 is 2.20 bits per heavy atom. The molecule has 12 nitrogen and oxygen atoms in total. The number of cyclic esters (lactones) is 1. The van der Waals surface area contributed by atoms with Gasteiger partial charge in [0.15, 0.2) is 23.0 Å². The molecule has 9 atom stereocenters. The Labute approximate surface area is 354 Å². The Balaban J connectivity index is 0.000000164. The van der Waals surface area contributed by atoms with E-state index in [1.54, 1.807) is 25.2 Å². The highest BCUT2D eigenvalue weighted by atomic mass is 35.5. The molecule has 59 heavy (non-hydrogen) atoms. The van der Waals surface area contributed by atoms with Gasteiger partial charge in [-0.2, -0.15) is 0 Å². The van der Waals surface area contributed by atoms with Crippen molar-refractivity contribution in [3.63, 3.8) is 0 Å². The van der Waals surface area contributed by atoms with Crippen LogP contribution < -0.4 is 28.4 Å². The maximum atomic E-state index is 12.7. The van der Waals surface area contributed by atoms with Crippen molar-refractivity contribution in [2.24, 2.45) is 29.1 Å². The largest absolute Gasteiger partial charge is 0.493 e. The van der Waals surface area contributed by atoms with Gasteiger partial charge in [-0.25, -0.2) is 4.79 Å². The molecule has 14 heteroatoms. The second kappa shape index (κ2) is 17.1. The van der Waals surface area contributed by atoms with Crippen LogP contribution in [-0.4, -0.2) is 92.9 Å². The van der Waals surface area contributed by atoms with E-state index in [1.165, 1.54) is 18.2 Å². The second-order valence-corrected chi connectivity index (χ2v) is 17.4. The summed E-state index contributed by atoms with van der Waals surface area (Å²) in [7, 11) is 4.63. The van der Waals surface area contributed by atoms with E-state index in [9.17, 15) is 19.8 Å². The van der Waals surface area contributed by atoms with Crippen molar-refractivity contribution in [3.05, 3.63) is 70.3 Å². The smallest absolute Gasteiger partial charge is 0.415 e. The van der Waals surface area contributed by atoms with E-state index >= 15 is 0 Å². The van der Waals surface area contributed by atoms with Gasteiger partial charge < -0.3 is 48.3 Å². The van der Waals surface area contributed by atoms with Crippen LogP contribution in [0, 0.1) is 29.1 Å². The van der Waals surface area contributed by atoms with E-state index in [1.807, 2.05) is 30.3 Å². The van der Waals surface area contributed by atoms with Crippen LogP contribution in [0.1, 0.15) is 84.8 Å². The number of rotatable bonds is 9. The molecule has 3 aromatic carbocycles. The number of nitrogens with zero attached hydrogens (tertiary/aromatic N) is 1. The first-order chi connectivity index (χ1) is 28.5. The summed E-state index contributed by atoms with van der Waals surface area (Å²) in [5, 5.41) is 21.6. The van der Waals surface area contributed by atoms with E-state index < -0.39 is 18.1 Å². The van der Waals surface area contributed by atoms with Gasteiger partial charge in [0.25, 0.3) is 0 Å². The fourth-order valence-electron chi connectivity index (χ4n) is 11.1. The van der Waals surface area contributed by atoms with E-state index in [0.717, 1.165) is 49.7 Å². The quantitative estimate of drug-likeness (QED) is 0.162. The molecular formula is C45H53Cl2NO11. The Morgan fingerprint density at radius 2 is 1.54 bits per heavy atom. The van der Waals surface area contributed by atoms with Gasteiger partial charge >= 0.3 is 12.1 Å². The number of aryl methyl sites for hydroxylation is 1. The summed E-state index contributed by atoms with van der Waals surface area (Å²) in [6, 6.07) is 13.4. The number of carbonyl (C=O) groups excluding carboxylic acids is 2. The lowest BCUT2D eigenvalue weighted by molar-refractivity contribution is -0.141. The van der Waals surface area contributed by atoms with Gasteiger partial charge in [-0.3, -0.25) is 4.79 Å². The predicted molar refractivity (Wildman–Crippen MR) is 220 cm³/mol. The molecule has 1 saturated heterocycles. The highest BCUT2D eigenvalue weighted by Crippen LogP contribution is 2.61. The van der Waals surface area contributed by atoms with Crippen molar-refractivity contribution >= 4 is 35.3 Å². The summed E-state index contributed by atoms with van der Waals surface area (Å²) in [6.07, 6.45) is 5.14. The van der Waals surface area contributed by atoms with Gasteiger partial charge in [0.1, 0.15) is 5.75 Å². The Bertz CT molecular complexity index is 2030. The number of alkyl halides is 2. The lowest BCUT2D eigenvalue weighted by Gasteiger charge is -2.50. The molecule has 4 aliphatic carbocycles. The number of amides is 1. The van der Waals surface area contributed by atoms with E-state index in [2.05, 4.69) is 13.0 Å². The van der Waals surface area contributed by atoms with Gasteiger partial charge in [-0.1, -0.05) is 13.0 Å². The normalized spacial score (nSPS) is 29.3. The SMILES string of the molecule is COc1cc([C@@H]2c3cc4c(cc3[C@H](O)C3COC(=O)[C@H]32)OCO4)cc(OC)c1OC.C[C@]12CC[C@@H]3c4ccc(OC(=O)N(CCCl)CCCl)cc4CC[C@H]3[C@@H]1CC[C@@H]2O. The third-order valence-electron chi connectivity index (χ3n) is 14.0. The number of aliphatic hydroxyl groups is 2. The third kappa shape index (κ3) is 7.42. The number of hydrogen-bond donors (Lipinski definition) is 2. The molecule has 318 valence electrons. The van der Waals surface area contributed by atoms with Crippen LogP contribution in [0.5, 0.6) is 34.5 Å². The monoisotopic (exact) mass is 853 g/mol. The number of ether oxygens (including phenoxy) is 7. The minimum absolute atomic E-state index is 0.0996. The number of methoxy groups -OCH3 is 3. The number of esters is 1. The number of halogens is 2. The van der Waals surface area contributed by atoms with Crippen molar-refractivity contribution in [1.29, 1.82) is 0 Å². The number of carbonyl (C=O) groups is 2. The maximum Gasteiger partial charge on any atom is 0.415 e. The van der Waals surface area contributed by atoms with Crippen LogP contribution in [0.15, 0.2) is 42.5 Å². The number of aliphatic hydroxyl groups excluding tert-OH is 2. The number of benzene rings is 3. The molecular weight excluding hydrogens is 801 g/mol. The molecule has 2 N–H and O–H groups in total. The fourth-order valence-corrected chi connectivity index (χ4v) is 11.5. The van der Waals surface area contributed by atoms with Gasteiger partial charge in [0.05, 0.1) is 46.1 Å². The van der Waals surface area contributed by atoms with Gasteiger partial charge in [0, 0.05) is 36.7 Å². The maximum absolute atomic E-state index is 12.7. The predicted octanol–water partition coefficient (Wildman–Crippen LogP) is 7.59. The summed E-state index contributed by atoms with van der Waals surface area (Å²) < 4.78 is 38.5. The van der Waals surface area contributed by atoms with Crippen LogP contribution in [0.25, 0.3) is 0 Å². The minimum Gasteiger partial charge on any atom is -0.493 e. The first-order valence-electron chi connectivity index (χ1n) is 20.5. The second-order valence-electron chi connectivity index (χ2n) is 16.7. The molecule has 0 spiro atoms. The molecule has 2 saturated carbocycles. The summed E-state index contributed by atoms with van der Waals surface area (Å²) in [5.41, 5.74) is 5.12. The molecule has 9 rings (SSSR count). The van der Waals surface area contributed by atoms with E-state index in [4.69, 9.17) is 56.4 Å². The topological polar surface area (TPSA) is 142 Å². The number of fused-ring (bicyclic) bond motifs is 8. The van der Waals surface area contributed by atoms with Crippen LogP contribution in [0.2, 0.25) is 0 Å². The zero-order valence-electron chi connectivity index (χ0n) is 33.9. The zero-order valence-corrected chi connectivity index (χ0v) is 35.4. The molecule has 0 aromatic heterocycles. The highest BCUT2D eigenvalue weighted by Gasteiger charge is 2.55. The Hall–Kier alpha value is -4.10. The number of hydrogen-bond acceptors (Lipinski definition) is 11. The highest BCUT2D eigenvalue weighted by molar-refractivity contribution is 6.18. The Kier molecular flexibility index (Phi) is 12.1. The molecule has 2 heterocycles. The third-order valence-corrected chi connectivity index (χ3v) is 14.4. The Morgan fingerprint density at radius 1 is 0.847 bits per heavy atom. The standard InChI is InChI=1S/C23H31Cl2NO3.C22H22O8/c1-23-9-8-18-17-5-3-16(29-22(28)26(12-10-24)13-11-25)14-15(17)2-4-19(18)20(23)6-7-21(23)27;1-25-16-4-10(5-17(26-2)21(16)27-3)18-11-6-14-15(30-9-29-14)7-12(11)20(23)13-8-28-22(24)19(13)18/h3,5,14,18-21,27H,2,4,6-13H2,1H3;4-7,13,18-20,23H,8-9H2,1-3H3/t18-,19-,20+,21+,23+;13?,18-,19-,20+/m11/s1. The van der Waals surface area contributed by atoms with Crippen molar-refractivity contribution in [2.45, 2.75) is 69.5 Å². The minimum atomic E-state index is -0.843. The van der Waals surface area contributed by atoms with Gasteiger partial charge in [-0.05, 0) is 126 Å². The fraction of sp³-hybridized carbons (Fsp3) is 0.556. The molecule has 1 unspecified atom stereocenters. The lowest BCUT2D eigenvalue weighted by Crippen LogP contribution is -2.43. The molecule has 2 aliphatic heterocycles.